The summed E-state index contributed by atoms with van der Waals surface area (Å²) in [5.41, 5.74) is 0. The highest BCUT2D eigenvalue weighted by Gasteiger charge is 2.57. The van der Waals surface area contributed by atoms with Gasteiger partial charge in [-0.05, 0) is 44.4 Å². The fourth-order valence-electron chi connectivity index (χ4n) is 4.97. The molecular weight excluding hydrogens is 350 g/mol. The average Bonchev–Trinajstić information content (AvgIpc) is 2.97. The highest BCUT2D eigenvalue weighted by molar-refractivity contribution is 5.70. The Bertz CT molecular complexity index is 567. The zero-order valence-electron chi connectivity index (χ0n) is 17.0. The molecule has 0 unspecified atom stereocenters. The van der Waals surface area contributed by atoms with Crippen LogP contribution in [0.4, 0.5) is 4.79 Å². The third-order valence-electron chi connectivity index (χ3n) is 6.46. The van der Waals surface area contributed by atoms with Gasteiger partial charge in [0.15, 0.2) is 18.2 Å². The Labute approximate surface area is 161 Å². The van der Waals surface area contributed by atoms with Crippen LogP contribution in [0, 0.1) is 17.8 Å². The average molecular weight is 383 g/mol. The number of hydrogen-bond acceptors (Lipinski definition) is 6. The summed E-state index contributed by atoms with van der Waals surface area (Å²) in [7, 11) is 0. The van der Waals surface area contributed by atoms with Gasteiger partial charge in [0.05, 0.1) is 12.7 Å². The van der Waals surface area contributed by atoms with Gasteiger partial charge in [-0.3, -0.25) is 0 Å². The van der Waals surface area contributed by atoms with E-state index in [-0.39, 0.29) is 24.4 Å². The number of ether oxygens (including phenoxy) is 5. The second-order valence-electron chi connectivity index (χ2n) is 9.38. The molecule has 3 aliphatic heterocycles. The molecule has 0 bridgehead atoms. The molecule has 4 rings (SSSR count). The molecule has 0 aromatic rings. The van der Waals surface area contributed by atoms with Gasteiger partial charge in [0.25, 0.3) is 0 Å². The summed E-state index contributed by atoms with van der Waals surface area (Å²) < 4.78 is 30.1. The van der Waals surface area contributed by atoms with Crippen molar-refractivity contribution in [1.29, 1.82) is 0 Å². The van der Waals surface area contributed by atoms with E-state index in [2.05, 4.69) is 26.1 Å². The predicted molar refractivity (Wildman–Crippen MR) is 97.0 cm³/mol. The summed E-state index contributed by atoms with van der Waals surface area (Å²) >= 11 is 0. The van der Waals surface area contributed by atoms with Crippen molar-refractivity contribution in [3.8, 4) is 0 Å². The number of amides is 1. The lowest BCUT2D eigenvalue weighted by Gasteiger charge is -2.49. The summed E-state index contributed by atoms with van der Waals surface area (Å²) in [6.45, 7) is 10.9. The molecule has 7 heteroatoms. The zero-order valence-corrected chi connectivity index (χ0v) is 17.0. The largest absolute Gasteiger partial charge is 0.441 e. The first-order chi connectivity index (χ1) is 12.7. The number of alkyl carbamates (subject to hydrolysis) is 1. The molecule has 0 spiro atoms. The predicted octanol–water partition coefficient (Wildman–Crippen LogP) is 2.82. The molecule has 3 heterocycles. The molecule has 4 fully saturated rings. The monoisotopic (exact) mass is 383 g/mol. The van der Waals surface area contributed by atoms with Crippen molar-refractivity contribution in [2.45, 2.75) is 96.4 Å². The van der Waals surface area contributed by atoms with E-state index in [4.69, 9.17) is 23.7 Å². The maximum Gasteiger partial charge on any atom is 0.408 e. The molecule has 27 heavy (non-hydrogen) atoms. The van der Waals surface area contributed by atoms with E-state index in [1.807, 2.05) is 13.8 Å². The van der Waals surface area contributed by atoms with E-state index in [0.29, 0.717) is 24.4 Å². The van der Waals surface area contributed by atoms with Gasteiger partial charge >= 0.3 is 6.09 Å². The fourth-order valence-corrected chi connectivity index (χ4v) is 4.97. The Balaban J connectivity index is 1.52. The third-order valence-corrected chi connectivity index (χ3v) is 6.46. The molecule has 1 aliphatic carbocycles. The van der Waals surface area contributed by atoms with E-state index in [1.165, 1.54) is 12.8 Å². The highest BCUT2D eigenvalue weighted by Crippen LogP contribution is 2.40. The van der Waals surface area contributed by atoms with Crippen LogP contribution in [-0.2, 0) is 23.7 Å². The van der Waals surface area contributed by atoms with Crippen LogP contribution in [0.15, 0.2) is 0 Å². The number of nitrogens with one attached hydrogen (secondary N) is 1. The van der Waals surface area contributed by atoms with Gasteiger partial charge in [0, 0.05) is 0 Å². The van der Waals surface area contributed by atoms with E-state index < -0.39 is 24.3 Å². The van der Waals surface area contributed by atoms with Crippen molar-refractivity contribution in [3.05, 3.63) is 0 Å². The molecule has 1 amide bonds. The highest BCUT2D eigenvalue weighted by atomic mass is 16.8. The number of carbonyl (C=O) groups is 1. The molecule has 154 valence electrons. The van der Waals surface area contributed by atoms with Crippen LogP contribution in [-0.4, -0.2) is 55.2 Å². The van der Waals surface area contributed by atoms with Crippen LogP contribution in [0.3, 0.4) is 0 Å². The molecule has 0 aromatic carbocycles. The lowest BCUT2D eigenvalue weighted by molar-refractivity contribution is -0.368. The second-order valence-corrected chi connectivity index (χ2v) is 9.38. The van der Waals surface area contributed by atoms with Gasteiger partial charge in [-0.15, -0.1) is 0 Å². The SMILES string of the molecule is CC(C)[C@@H]1CC[C@@H](C)C[C@H]1O[C@@H]1O[C@@H]2COC(C)(C)O[C@H]2[C@@H]2OC(=O)N[C@H]12. The Morgan fingerprint density at radius 3 is 2.74 bits per heavy atom. The number of hydrogen-bond donors (Lipinski definition) is 1. The minimum absolute atomic E-state index is 0.121. The van der Waals surface area contributed by atoms with Gasteiger partial charge in [0.1, 0.15) is 18.2 Å². The van der Waals surface area contributed by atoms with Crippen LogP contribution in [0.2, 0.25) is 0 Å². The molecule has 0 aromatic heterocycles. The van der Waals surface area contributed by atoms with Crippen molar-refractivity contribution in [1.82, 2.24) is 5.32 Å². The van der Waals surface area contributed by atoms with Crippen molar-refractivity contribution < 1.29 is 28.5 Å². The minimum Gasteiger partial charge on any atom is -0.441 e. The van der Waals surface area contributed by atoms with Crippen molar-refractivity contribution in [2.24, 2.45) is 17.8 Å². The third kappa shape index (κ3) is 3.84. The van der Waals surface area contributed by atoms with Crippen LogP contribution in [0.1, 0.15) is 53.9 Å². The van der Waals surface area contributed by atoms with Crippen molar-refractivity contribution in [2.75, 3.05) is 6.61 Å². The molecule has 4 aliphatic rings. The van der Waals surface area contributed by atoms with Gasteiger partial charge in [-0.2, -0.15) is 0 Å². The van der Waals surface area contributed by atoms with Crippen LogP contribution in [0.5, 0.6) is 0 Å². The number of rotatable bonds is 3. The van der Waals surface area contributed by atoms with Gasteiger partial charge in [-0.1, -0.05) is 27.2 Å². The molecule has 8 atom stereocenters. The minimum atomic E-state index is -0.723. The molecule has 0 radical (unpaired) electrons. The smallest absolute Gasteiger partial charge is 0.408 e. The summed E-state index contributed by atoms with van der Waals surface area (Å²) in [4.78, 5) is 12.0. The molecule has 3 saturated heterocycles. The topological polar surface area (TPSA) is 75.2 Å². The van der Waals surface area contributed by atoms with Gasteiger partial charge in [-0.25, -0.2) is 4.79 Å². The first kappa shape index (κ1) is 19.4. The van der Waals surface area contributed by atoms with Crippen molar-refractivity contribution >= 4 is 6.09 Å². The first-order valence-corrected chi connectivity index (χ1v) is 10.3. The van der Waals surface area contributed by atoms with Crippen molar-refractivity contribution in [3.63, 3.8) is 0 Å². The van der Waals surface area contributed by atoms with E-state index in [0.717, 1.165) is 6.42 Å². The van der Waals surface area contributed by atoms with E-state index >= 15 is 0 Å². The normalized spacial score (nSPS) is 46.4. The lowest BCUT2D eigenvalue weighted by Crippen LogP contribution is -2.66. The summed E-state index contributed by atoms with van der Waals surface area (Å²) in [6.07, 6.45) is 1.46. The first-order valence-electron chi connectivity index (χ1n) is 10.3. The van der Waals surface area contributed by atoms with E-state index in [1.54, 1.807) is 0 Å². The molecule has 1 N–H and O–H groups in total. The Morgan fingerprint density at radius 1 is 1.22 bits per heavy atom. The summed E-state index contributed by atoms with van der Waals surface area (Å²) in [6, 6.07) is -0.363. The summed E-state index contributed by atoms with van der Waals surface area (Å²) in [5, 5.41) is 2.88. The maximum absolute atomic E-state index is 12.0. The zero-order chi connectivity index (χ0) is 19.3. The Morgan fingerprint density at radius 2 is 2.00 bits per heavy atom. The number of carbonyl (C=O) groups excluding carboxylic acids is 1. The van der Waals surface area contributed by atoms with Crippen LogP contribution >= 0.6 is 0 Å². The Kier molecular flexibility index (Phi) is 5.16. The van der Waals surface area contributed by atoms with Gasteiger partial charge < -0.3 is 29.0 Å². The van der Waals surface area contributed by atoms with Crippen LogP contribution < -0.4 is 5.32 Å². The Hall–Kier alpha value is -0.890. The quantitative estimate of drug-likeness (QED) is 0.808. The standard InChI is InChI=1S/C20H33NO6/c1-10(2)12-7-6-11(3)8-13(12)24-18-15-17(26-19(22)21-15)16-14(25-18)9-23-20(4,5)27-16/h10-18H,6-9H2,1-5H3,(H,21,22)/t11-,12+,13-,14-,15+,16-,17-,18-/m1/s1. The summed E-state index contributed by atoms with van der Waals surface area (Å²) in [5.74, 6) is 0.955. The number of fused-ring (bicyclic) bond motifs is 3. The van der Waals surface area contributed by atoms with Crippen LogP contribution in [0.25, 0.3) is 0 Å². The fraction of sp³-hybridized carbons (Fsp3) is 0.950. The molecular formula is C20H33NO6. The van der Waals surface area contributed by atoms with E-state index in [9.17, 15) is 4.79 Å². The maximum atomic E-state index is 12.0. The second kappa shape index (κ2) is 7.17. The molecule has 7 nitrogen and oxygen atoms in total. The lowest BCUT2D eigenvalue weighted by atomic mass is 9.75. The van der Waals surface area contributed by atoms with Gasteiger partial charge in [0.2, 0.25) is 0 Å². The molecule has 1 saturated carbocycles.